The van der Waals surface area contributed by atoms with E-state index >= 15 is 0 Å². The van der Waals surface area contributed by atoms with Crippen LogP contribution >= 0.6 is 0 Å². The summed E-state index contributed by atoms with van der Waals surface area (Å²) in [6, 6.07) is 9.64. The number of phenolic OH excluding ortho intramolecular Hbond substituents is 2. The Hall–Kier alpha value is -2.48. The van der Waals surface area contributed by atoms with Gasteiger partial charge in [-0.3, -0.25) is 0 Å². The molecule has 1 aliphatic rings. The minimum atomic E-state index is -1.01. The molecule has 3 rings (SSSR count). The zero-order valence-corrected chi connectivity index (χ0v) is 15.2. The average molecular weight is 376 g/mol. The van der Waals surface area contributed by atoms with Crippen molar-refractivity contribution in [1.29, 1.82) is 0 Å². The molecule has 2 aromatic rings. The second-order valence-electron chi connectivity index (χ2n) is 6.64. The van der Waals surface area contributed by atoms with E-state index < -0.39 is 12.4 Å². The summed E-state index contributed by atoms with van der Waals surface area (Å²) in [7, 11) is 2.91. The fourth-order valence-corrected chi connectivity index (χ4v) is 3.49. The summed E-state index contributed by atoms with van der Waals surface area (Å²) in [5.74, 6) is -0.0589. The minimum Gasteiger partial charge on any atom is -0.504 e. The zero-order valence-electron chi connectivity index (χ0n) is 15.2. The van der Waals surface area contributed by atoms with Crippen LogP contribution in [0.3, 0.4) is 0 Å². The number of hydrogen-bond acceptors (Lipinski definition) is 7. The highest BCUT2D eigenvalue weighted by Crippen LogP contribution is 2.40. The van der Waals surface area contributed by atoms with Gasteiger partial charge >= 0.3 is 0 Å². The van der Waals surface area contributed by atoms with Gasteiger partial charge in [-0.25, -0.2) is 0 Å². The number of hydrogen-bond donors (Lipinski definition) is 4. The first-order chi connectivity index (χ1) is 12.9. The van der Waals surface area contributed by atoms with Crippen LogP contribution in [0.2, 0.25) is 0 Å². The average Bonchev–Trinajstić information content (AvgIpc) is 3.03. The van der Waals surface area contributed by atoms with Gasteiger partial charge in [-0.1, -0.05) is 12.1 Å². The van der Waals surface area contributed by atoms with Gasteiger partial charge in [0.05, 0.1) is 26.9 Å². The van der Waals surface area contributed by atoms with E-state index in [0.29, 0.717) is 17.7 Å². The van der Waals surface area contributed by atoms with E-state index in [1.165, 1.54) is 26.4 Å². The molecule has 0 bridgehead atoms. The van der Waals surface area contributed by atoms with E-state index in [1.54, 1.807) is 24.3 Å². The maximum atomic E-state index is 10.8. The van der Waals surface area contributed by atoms with Crippen molar-refractivity contribution in [1.82, 2.24) is 0 Å². The maximum Gasteiger partial charge on any atom is 0.160 e. The van der Waals surface area contributed by atoms with Gasteiger partial charge in [0.15, 0.2) is 29.3 Å². The van der Waals surface area contributed by atoms with E-state index in [0.717, 1.165) is 5.56 Å². The number of phenols is 2. The first kappa shape index (κ1) is 19.3. The van der Waals surface area contributed by atoms with Gasteiger partial charge in [-0.05, 0) is 41.8 Å². The van der Waals surface area contributed by atoms with Gasteiger partial charge in [-0.2, -0.15) is 0 Å². The lowest BCUT2D eigenvalue weighted by Gasteiger charge is -2.25. The van der Waals surface area contributed by atoms with Gasteiger partial charge < -0.3 is 34.6 Å². The molecule has 27 heavy (non-hydrogen) atoms. The highest BCUT2D eigenvalue weighted by Gasteiger charge is 2.41. The van der Waals surface area contributed by atoms with Crippen molar-refractivity contribution in [3.05, 3.63) is 47.5 Å². The molecule has 4 N–H and O–H groups in total. The number of benzene rings is 2. The fraction of sp³-hybridized carbons (Fsp3) is 0.400. The summed E-state index contributed by atoms with van der Waals surface area (Å²) in [4.78, 5) is 0. The molecule has 0 radical (unpaired) electrons. The summed E-state index contributed by atoms with van der Waals surface area (Å²) in [6.45, 7) is 0.200. The molecule has 146 valence electrons. The second-order valence-corrected chi connectivity index (χ2v) is 6.64. The predicted molar refractivity (Wildman–Crippen MR) is 96.9 cm³/mol. The highest BCUT2D eigenvalue weighted by molar-refractivity contribution is 5.43. The molecule has 2 aromatic carbocycles. The number of aliphatic hydroxyl groups is 2. The summed E-state index contributed by atoms with van der Waals surface area (Å²) >= 11 is 0. The second kappa shape index (κ2) is 8.04. The van der Waals surface area contributed by atoms with Gasteiger partial charge in [0.25, 0.3) is 0 Å². The first-order valence-electron chi connectivity index (χ1n) is 8.65. The van der Waals surface area contributed by atoms with Crippen LogP contribution < -0.4 is 9.47 Å². The van der Waals surface area contributed by atoms with Crippen molar-refractivity contribution in [2.75, 3.05) is 20.8 Å². The predicted octanol–water partition coefficient (Wildman–Crippen LogP) is 1.97. The third-order valence-electron chi connectivity index (χ3n) is 5.04. The molecule has 0 aliphatic carbocycles. The lowest BCUT2D eigenvalue weighted by atomic mass is 9.82. The normalized spacial score (nSPS) is 23.2. The molecular weight excluding hydrogens is 352 g/mol. The maximum absolute atomic E-state index is 10.8. The van der Waals surface area contributed by atoms with Crippen LogP contribution in [-0.2, 0) is 11.2 Å². The highest BCUT2D eigenvalue weighted by atomic mass is 16.6. The van der Waals surface area contributed by atoms with Crippen molar-refractivity contribution >= 4 is 0 Å². The standard InChI is InChI=1S/C20H24O7/c1-25-17-8-11(3-5-15(17)21)7-13-14(10-27-20(13)24)19(23)12-4-6-16(22)18(9-12)26-2/h3-6,8-9,13-14,19-24H,7,10H2,1-2H3/t13-,14+,19-,20-/m1/s1. The van der Waals surface area contributed by atoms with Crippen LogP contribution in [-0.4, -0.2) is 47.5 Å². The fourth-order valence-electron chi connectivity index (χ4n) is 3.49. The van der Waals surface area contributed by atoms with E-state index in [4.69, 9.17) is 14.2 Å². The molecule has 1 saturated heterocycles. The molecule has 4 atom stereocenters. The van der Waals surface area contributed by atoms with Crippen LogP contribution in [0.1, 0.15) is 17.2 Å². The molecule has 1 aliphatic heterocycles. The molecule has 0 aromatic heterocycles. The molecule has 7 heteroatoms. The van der Waals surface area contributed by atoms with Crippen molar-refractivity contribution in [2.24, 2.45) is 11.8 Å². The molecular formula is C20H24O7. The van der Waals surface area contributed by atoms with Crippen molar-refractivity contribution in [2.45, 2.75) is 18.8 Å². The quantitative estimate of drug-likeness (QED) is 0.610. The molecule has 1 fully saturated rings. The minimum absolute atomic E-state index is 0.0103. The number of ether oxygens (including phenoxy) is 3. The molecule has 0 saturated carbocycles. The molecule has 0 spiro atoms. The third kappa shape index (κ3) is 3.95. The van der Waals surface area contributed by atoms with Crippen molar-refractivity contribution in [3.8, 4) is 23.0 Å². The lowest BCUT2D eigenvalue weighted by molar-refractivity contribution is -0.0823. The number of rotatable bonds is 6. The lowest BCUT2D eigenvalue weighted by Crippen LogP contribution is -2.27. The molecule has 0 amide bonds. The Kier molecular flexibility index (Phi) is 5.74. The monoisotopic (exact) mass is 376 g/mol. The summed E-state index contributed by atoms with van der Waals surface area (Å²) in [5.41, 5.74) is 1.42. The Balaban J connectivity index is 1.82. The number of methoxy groups -OCH3 is 2. The van der Waals surface area contributed by atoms with Crippen LogP contribution in [0.15, 0.2) is 36.4 Å². The largest absolute Gasteiger partial charge is 0.504 e. The Morgan fingerprint density at radius 1 is 1.04 bits per heavy atom. The molecule has 0 unspecified atom stereocenters. The van der Waals surface area contributed by atoms with Gasteiger partial charge in [0.2, 0.25) is 0 Å². The van der Waals surface area contributed by atoms with Crippen LogP contribution in [0.25, 0.3) is 0 Å². The molecule has 7 nitrogen and oxygen atoms in total. The van der Waals surface area contributed by atoms with Crippen molar-refractivity contribution in [3.63, 3.8) is 0 Å². The van der Waals surface area contributed by atoms with Crippen LogP contribution in [0, 0.1) is 11.8 Å². The van der Waals surface area contributed by atoms with Crippen LogP contribution in [0.4, 0.5) is 0 Å². The summed E-state index contributed by atoms with van der Waals surface area (Å²) < 4.78 is 15.6. The van der Waals surface area contributed by atoms with Gasteiger partial charge in [0.1, 0.15) is 0 Å². The Bertz CT molecular complexity index is 792. The van der Waals surface area contributed by atoms with Gasteiger partial charge in [0, 0.05) is 11.8 Å². The summed E-state index contributed by atoms with van der Waals surface area (Å²) in [6.07, 6.45) is -1.47. The number of aliphatic hydroxyl groups excluding tert-OH is 2. The molecule has 1 heterocycles. The van der Waals surface area contributed by atoms with E-state index in [9.17, 15) is 20.4 Å². The first-order valence-corrected chi connectivity index (χ1v) is 8.65. The Labute approximate surface area is 157 Å². The van der Waals surface area contributed by atoms with Crippen molar-refractivity contribution < 1.29 is 34.6 Å². The van der Waals surface area contributed by atoms with E-state index in [-0.39, 0.29) is 35.7 Å². The van der Waals surface area contributed by atoms with E-state index in [1.807, 2.05) is 0 Å². The topological polar surface area (TPSA) is 109 Å². The smallest absolute Gasteiger partial charge is 0.160 e. The van der Waals surface area contributed by atoms with Crippen LogP contribution in [0.5, 0.6) is 23.0 Å². The Morgan fingerprint density at radius 2 is 1.67 bits per heavy atom. The zero-order chi connectivity index (χ0) is 19.6. The third-order valence-corrected chi connectivity index (χ3v) is 5.04. The van der Waals surface area contributed by atoms with Gasteiger partial charge in [-0.15, -0.1) is 0 Å². The SMILES string of the molecule is COc1cc(C[C@@H]2[C@@H]([C@H](O)c3ccc(O)c(OC)c3)CO[C@H]2O)ccc1O. The Morgan fingerprint density at radius 3 is 2.33 bits per heavy atom. The number of aromatic hydroxyl groups is 2. The summed E-state index contributed by atoms with van der Waals surface area (Å²) in [5, 5.41) is 40.6. The van der Waals surface area contributed by atoms with E-state index in [2.05, 4.69) is 0 Å².